The van der Waals surface area contributed by atoms with E-state index in [0.29, 0.717) is 6.42 Å². The van der Waals surface area contributed by atoms with Crippen molar-refractivity contribution in [2.75, 3.05) is 5.75 Å². The van der Waals surface area contributed by atoms with Gasteiger partial charge in [0.1, 0.15) is 0 Å². The van der Waals surface area contributed by atoms with Gasteiger partial charge in [-0.2, -0.15) is 0 Å². The molecule has 0 atom stereocenters. The molecule has 0 aliphatic heterocycles. The summed E-state index contributed by atoms with van der Waals surface area (Å²) >= 11 is 5.13. The van der Waals surface area contributed by atoms with Crippen LogP contribution < -0.4 is 0 Å². The number of rotatable bonds is 6. The summed E-state index contributed by atoms with van der Waals surface area (Å²) in [4.78, 5) is 13.3. The minimum absolute atomic E-state index is 0.220. The van der Waals surface area contributed by atoms with E-state index in [9.17, 15) is 4.79 Å². The lowest BCUT2D eigenvalue weighted by Crippen LogP contribution is -2.00. The molecule has 2 rings (SSSR count). The van der Waals surface area contributed by atoms with Crippen molar-refractivity contribution in [3.8, 4) is 0 Å². The first kappa shape index (κ1) is 15.3. The van der Waals surface area contributed by atoms with Gasteiger partial charge in [0.2, 0.25) is 0 Å². The van der Waals surface area contributed by atoms with Crippen LogP contribution in [0.4, 0.5) is 0 Å². The Hall–Kier alpha value is -1.06. The SMILES string of the molecule is CCc1ccc(C(=O)CCSc2ccc(Br)cc2)cc1. The molecule has 0 unspecified atom stereocenters. The molecular weight excluding hydrogens is 332 g/mol. The van der Waals surface area contributed by atoms with Crippen molar-refractivity contribution in [3.05, 3.63) is 64.1 Å². The Morgan fingerprint density at radius 3 is 2.30 bits per heavy atom. The molecule has 0 amide bonds. The Balaban J connectivity index is 1.83. The number of hydrogen-bond donors (Lipinski definition) is 0. The van der Waals surface area contributed by atoms with E-state index in [0.717, 1.165) is 22.2 Å². The first-order valence-corrected chi connectivity index (χ1v) is 8.47. The zero-order chi connectivity index (χ0) is 14.4. The van der Waals surface area contributed by atoms with Crippen molar-refractivity contribution in [1.29, 1.82) is 0 Å². The van der Waals surface area contributed by atoms with Gasteiger partial charge in [-0.15, -0.1) is 11.8 Å². The van der Waals surface area contributed by atoms with E-state index >= 15 is 0 Å². The second-order valence-electron chi connectivity index (χ2n) is 4.53. The van der Waals surface area contributed by atoms with Crippen LogP contribution in [0.15, 0.2) is 57.9 Å². The third-order valence-electron chi connectivity index (χ3n) is 3.10. The maximum Gasteiger partial charge on any atom is 0.163 e. The summed E-state index contributed by atoms with van der Waals surface area (Å²) in [6.07, 6.45) is 1.58. The Morgan fingerprint density at radius 1 is 1.05 bits per heavy atom. The Morgan fingerprint density at radius 2 is 1.70 bits per heavy atom. The number of carbonyl (C=O) groups excluding carboxylic acids is 1. The third-order valence-corrected chi connectivity index (χ3v) is 4.64. The molecule has 0 saturated carbocycles. The Kier molecular flexibility index (Phi) is 5.86. The van der Waals surface area contributed by atoms with Crippen molar-refractivity contribution in [2.45, 2.75) is 24.7 Å². The molecule has 0 aromatic heterocycles. The molecule has 0 bridgehead atoms. The fourth-order valence-electron chi connectivity index (χ4n) is 1.86. The monoisotopic (exact) mass is 348 g/mol. The second-order valence-corrected chi connectivity index (χ2v) is 6.61. The molecule has 0 N–H and O–H groups in total. The van der Waals surface area contributed by atoms with Gasteiger partial charge in [0.05, 0.1) is 0 Å². The minimum atomic E-state index is 0.220. The smallest absolute Gasteiger partial charge is 0.163 e. The number of halogens is 1. The van der Waals surface area contributed by atoms with Gasteiger partial charge < -0.3 is 0 Å². The molecule has 0 fully saturated rings. The normalized spacial score (nSPS) is 10.5. The van der Waals surface area contributed by atoms with Crippen molar-refractivity contribution in [2.24, 2.45) is 0 Å². The first-order chi connectivity index (χ1) is 9.69. The molecule has 2 aromatic carbocycles. The van der Waals surface area contributed by atoms with Crippen LogP contribution in [0.2, 0.25) is 0 Å². The van der Waals surface area contributed by atoms with Gasteiger partial charge in [-0.05, 0) is 36.2 Å². The largest absolute Gasteiger partial charge is 0.294 e. The highest BCUT2D eigenvalue weighted by molar-refractivity contribution is 9.10. The van der Waals surface area contributed by atoms with Crippen LogP contribution in [0.3, 0.4) is 0 Å². The molecule has 0 radical (unpaired) electrons. The van der Waals surface area contributed by atoms with Crippen molar-refractivity contribution in [3.63, 3.8) is 0 Å². The van der Waals surface area contributed by atoms with E-state index in [1.165, 1.54) is 10.5 Å². The average Bonchev–Trinajstić information content (AvgIpc) is 2.49. The van der Waals surface area contributed by atoms with Gasteiger partial charge in [-0.3, -0.25) is 4.79 Å². The molecule has 0 heterocycles. The Labute approximate surface area is 132 Å². The third kappa shape index (κ3) is 4.50. The fourth-order valence-corrected chi connectivity index (χ4v) is 2.98. The van der Waals surface area contributed by atoms with Crippen molar-refractivity contribution < 1.29 is 4.79 Å². The van der Waals surface area contributed by atoms with E-state index in [1.807, 2.05) is 36.4 Å². The molecule has 0 spiro atoms. The number of thioether (sulfide) groups is 1. The summed E-state index contributed by atoms with van der Waals surface area (Å²) in [6, 6.07) is 16.1. The quantitative estimate of drug-likeness (QED) is 0.515. The van der Waals surface area contributed by atoms with Crippen LogP contribution in [0, 0.1) is 0 Å². The molecule has 3 heteroatoms. The average molecular weight is 349 g/mol. The number of hydrogen-bond acceptors (Lipinski definition) is 2. The van der Waals surface area contributed by atoms with Gasteiger partial charge in [-0.25, -0.2) is 0 Å². The molecule has 2 aromatic rings. The summed E-state index contributed by atoms with van der Waals surface area (Å²) in [7, 11) is 0. The highest BCUT2D eigenvalue weighted by Crippen LogP contribution is 2.21. The number of aryl methyl sites for hydroxylation is 1. The van der Waals surface area contributed by atoms with E-state index in [1.54, 1.807) is 11.8 Å². The van der Waals surface area contributed by atoms with Crippen LogP contribution in [-0.2, 0) is 6.42 Å². The van der Waals surface area contributed by atoms with Crippen LogP contribution in [0.25, 0.3) is 0 Å². The van der Waals surface area contributed by atoms with Gasteiger partial charge >= 0.3 is 0 Å². The van der Waals surface area contributed by atoms with Crippen molar-refractivity contribution in [1.82, 2.24) is 0 Å². The van der Waals surface area contributed by atoms with Gasteiger partial charge in [0.25, 0.3) is 0 Å². The summed E-state index contributed by atoms with van der Waals surface area (Å²) in [5.41, 5.74) is 2.09. The van der Waals surface area contributed by atoms with Gasteiger partial charge in [0, 0.05) is 27.1 Å². The zero-order valence-corrected chi connectivity index (χ0v) is 13.8. The van der Waals surface area contributed by atoms with Crippen LogP contribution >= 0.6 is 27.7 Å². The van der Waals surface area contributed by atoms with Gasteiger partial charge in [0.15, 0.2) is 5.78 Å². The van der Waals surface area contributed by atoms with Crippen LogP contribution in [0.1, 0.15) is 29.3 Å². The molecule has 0 aliphatic rings. The number of benzene rings is 2. The number of carbonyl (C=O) groups is 1. The van der Waals surface area contributed by atoms with E-state index in [-0.39, 0.29) is 5.78 Å². The molecule has 20 heavy (non-hydrogen) atoms. The lowest BCUT2D eigenvalue weighted by Gasteiger charge is -2.03. The fraction of sp³-hybridized carbons (Fsp3) is 0.235. The summed E-state index contributed by atoms with van der Waals surface area (Å²) in [5.74, 6) is 1.04. The lowest BCUT2D eigenvalue weighted by atomic mass is 10.1. The maximum atomic E-state index is 12.1. The number of Topliss-reactive ketones (excluding diaryl/α,β-unsaturated/α-hetero) is 1. The standard InChI is InChI=1S/C17H17BrOS/c1-2-13-3-5-14(6-4-13)17(19)11-12-20-16-9-7-15(18)8-10-16/h3-10H,2,11-12H2,1H3. The first-order valence-electron chi connectivity index (χ1n) is 6.69. The summed E-state index contributed by atoms with van der Waals surface area (Å²) < 4.78 is 1.08. The predicted molar refractivity (Wildman–Crippen MR) is 89.6 cm³/mol. The summed E-state index contributed by atoms with van der Waals surface area (Å²) in [5, 5.41) is 0. The molecular formula is C17H17BrOS. The second kappa shape index (κ2) is 7.65. The topological polar surface area (TPSA) is 17.1 Å². The highest BCUT2D eigenvalue weighted by atomic mass is 79.9. The van der Waals surface area contributed by atoms with E-state index in [4.69, 9.17) is 0 Å². The highest BCUT2D eigenvalue weighted by Gasteiger charge is 2.05. The van der Waals surface area contributed by atoms with Crippen LogP contribution in [0.5, 0.6) is 0 Å². The molecule has 1 nitrogen and oxygen atoms in total. The molecule has 0 saturated heterocycles. The minimum Gasteiger partial charge on any atom is -0.294 e. The maximum absolute atomic E-state index is 12.1. The summed E-state index contributed by atoms with van der Waals surface area (Å²) in [6.45, 7) is 2.12. The molecule has 0 aliphatic carbocycles. The molecule has 104 valence electrons. The number of ketones is 1. The van der Waals surface area contributed by atoms with E-state index < -0.39 is 0 Å². The van der Waals surface area contributed by atoms with Gasteiger partial charge in [-0.1, -0.05) is 47.1 Å². The Bertz CT molecular complexity index is 561. The van der Waals surface area contributed by atoms with E-state index in [2.05, 4.69) is 35.0 Å². The zero-order valence-electron chi connectivity index (χ0n) is 11.4. The predicted octanol–water partition coefficient (Wildman–Crippen LogP) is 5.38. The van der Waals surface area contributed by atoms with Crippen LogP contribution in [-0.4, -0.2) is 11.5 Å². The van der Waals surface area contributed by atoms with Crippen molar-refractivity contribution >= 4 is 33.5 Å². The lowest BCUT2D eigenvalue weighted by molar-refractivity contribution is 0.0989.